The van der Waals surface area contributed by atoms with Crippen molar-refractivity contribution in [3.63, 3.8) is 0 Å². The quantitative estimate of drug-likeness (QED) is 0.799. The van der Waals surface area contributed by atoms with Crippen molar-refractivity contribution in [2.75, 3.05) is 11.5 Å². The molecule has 0 aliphatic heterocycles. The molecule has 16 heavy (non-hydrogen) atoms. The predicted molar refractivity (Wildman–Crippen MR) is 65.9 cm³/mol. The maximum atomic E-state index is 11.5. The summed E-state index contributed by atoms with van der Waals surface area (Å²) in [4.78, 5) is 3.03. The highest BCUT2D eigenvalue weighted by atomic mass is 32.2. The Morgan fingerprint density at radius 1 is 1.38 bits per heavy atom. The van der Waals surface area contributed by atoms with Crippen LogP contribution in [0.5, 0.6) is 0 Å². The lowest BCUT2D eigenvalue weighted by Gasteiger charge is -2.00. The highest BCUT2D eigenvalue weighted by molar-refractivity contribution is 7.90. The minimum absolute atomic E-state index is 0.0768. The minimum atomic E-state index is -3.00. The van der Waals surface area contributed by atoms with E-state index in [2.05, 4.69) is 4.98 Å². The number of nitrogens with one attached hydrogen (secondary N) is 1. The molecule has 0 atom stereocenters. The lowest BCUT2D eigenvalue weighted by Crippen LogP contribution is -2.05. The molecule has 1 heterocycles. The lowest BCUT2D eigenvalue weighted by atomic mass is 10.2. The molecule has 0 saturated carbocycles. The molecular weight excluding hydrogens is 224 g/mol. The van der Waals surface area contributed by atoms with Crippen LogP contribution in [0.2, 0.25) is 0 Å². The second-order valence-corrected chi connectivity index (χ2v) is 6.15. The predicted octanol–water partition coefficient (Wildman–Crippen LogP) is 1.68. The Kier molecular flexibility index (Phi) is 2.63. The number of rotatable bonds is 3. The number of fused-ring (bicyclic) bond motifs is 1. The largest absolute Gasteiger partial charge is 0.399 e. The van der Waals surface area contributed by atoms with Gasteiger partial charge in [-0.05, 0) is 17.7 Å². The Labute approximate surface area is 94.4 Å². The first-order valence-corrected chi connectivity index (χ1v) is 6.90. The fourth-order valence-electron chi connectivity index (χ4n) is 1.66. The van der Waals surface area contributed by atoms with Crippen molar-refractivity contribution in [1.29, 1.82) is 0 Å². The number of H-pyrrole nitrogens is 1. The number of sulfone groups is 1. The van der Waals surface area contributed by atoms with Crippen LogP contribution in [0.15, 0.2) is 24.4 Å². The Hall–Kier alpha value is -1.49. The average molecular weight is 238 g/mol. The smallest absolute Gasteiger partial charge is 0.154 e. The summed E-state index contributed by atoms with van der Waals surface area (Å²) in [6.07, 6.45) is 1.73. The van der Waals surface area contributed by atoms with Gasteiger partial charge in [-0.1, -0.05) is 13.0 Å². The third kappa shape index (κ3) is 2.04. The third-order valence-corrected chi connectivity index (χ3v) is 4.24. The average Bonchev–Trinajstić information content (AvgIpc) is 2.60. The SMILES string of the molecule is CCS(=O)(=O)Cc1c[nH]c2cc(N)ccc12. The molecule has 0 amide bonds. The van der Waals surface area contributed by atoms with Crippen LogP contribution >= 0.6 is 0 Å². The van der Waals surface area contributed by atoms with Gasteiger partial charge in [-0.3, -0.25) is 0 Å². The minimum Gasteiger partial charge on any atom is -0.399 e. The van der Waals surface area contributed by atoms with Crippen molar-refractivity contribution in [2.24, 2.45) is 0 Å². The fraction of sp³-hybridized carbons (Fsp3) is 0.273. The van der Waals surface area contributed by atoms with Gasteiger partial charge >= 0.3 is 0 Å². The van der Waals surface area contributed by atoms with Gasteiger partial charge in [0.25, 0.3) is 0 Å². The van der Waals surface area contributed by atoms with Crippen molar-refractivity contribution in [2.45, 2.75) is 12.7 Å². The molecule has 0 spiro atoms. The summed E-state index contributed by atoms with van der Waals surface area (Å²) in [6.45, 7) is 1.65. The maximum absolute atomic E-state index is 11.5. The van der Waals surface area contributed by atoms with E-state index in [0.29, 0.717) is 5.69 Å². The van der Waals surface area contributed by atoms with Gasteiger partial charge in [0.1, 0.15) is 0 Å². The number of benzene rings is 1. The number of nitrogens with two attached hydrogens (primary N) is 1. The number of hydrogen-bond donors (Lipinski definition) is 2. The normalized spacial score (nSPS) is 12.1. The second kappa shape index (κ2) is 3.83. The molecule has 86 valence electrons. The van der Waals surface area contributed by atoms with Gasteiger partial charge < -0.3 is 10.7 Å². The highest BCUT2D eigenvalue weighted by Gasteiger charge is 2.12. The Morgan fingerprint density at radius 3 is 2.81 bits per heavy atom. The van der Waals surface area contributed by atoms with Crippen LogP contribution in [0.25, 0.3) is 10.9 Å². The van der Waals surface area contributed by atoms with E-state index in [9.17, 15) is 8.42 Å². The van der Waals surface area contributed by atoms with Gasteiger partial charge in [-0.15, -0.1) is 0 Å². The van der Waals surface area contributed by atoms with Crippen molar-refractivity contribution >= 4 is 26.4 Å². The molecule has 3 N–H and O–H groups in total. The van der Waals surface area contributed by atoms with Crippen LogP contribution in [0.1, 0.15) is 12.5 Å². The van der Waals surface area contributed by atoms with Crippen LogP contribution in [0, 0.1) is 0 Å². The van der Waals surface area contributed by atoms with Crippen molar-refractivity contribution < 1.29 is 8.42 Å². The van der Waals surface area contributed by atoms with E-state index in [1.807, 2.05) is 6.07 Å². The molecule has 0 radical (unpaired) electrons. The Morgan fingerprint density at radius 2 is 2.12 bits per heavy atom. The first kappa shape index (κ1) is 11.0. The molecule has 0 aliphatic rings. The first-order valence-electron chi connectivity index (χ1n) is 5.08. The number of nitrogen functional groups attached to an aromatic ring is 1. The zero-order valence-corrected chi connectivity index (χ0v) is 9.84. The maximum Gasteiger partial charge on any atom is 0.154 e. The van der Waals surface area contributed by atoms with E-state index in [1.165, 1.54) is 0 Å². The van der Waals surface area contributed by atoms with E-state index in [0.717, 1.165) is 16.5 Å². The summed E-state index contributed by atoms with van der Waals surface area (Å²) in [6, 6.07) is 5.43. The molecule has 4 nitrogen and oxygen atoms in total. The van der Waals surface area contributed by atoms with Crippen LogP contribution in [-0.2, 0) is 15.6 Å². The Bertz CT molecular complexity index is 614. The lowest BCUT2D eigenvalue weighted by molar-refractivity contribution is 0.596. The fourth-order valence-corrected chi connectivity index (χ4v) is 2.58. The van der Waals surface area contributed by atoms with Gasteiger partial charge in [0, 0.05) is 28.5 Å². The van der Waals surface area contributed by atoms with E-state index in [-0.39, 0.29) is 11.5 Å². The number of aromatic amines is 1. The standard InChI is InChI=1S/C11H14N2O2S/c1-2-16(14,15)7-8-6-13-11-5-9(12)3-4-10(8)11/h3-6,13H,2,7,12H2,1H3. The molecule has 0 fully saturated rings. The molecule has 1 aromatic heterocycles. The van der Waals surface area contributed by atoms with Crippen molar-refractivity contribution in [3.8, 4) is 0 Å². The van der Waals surface area contributed by atoms with Gasteiger partial charge in [0.15, 0.2) is 9.84 Å². The van der Waals surface area contributed by atoms with Crippen LogP contribution in [0.4, 0.5) is 5.69 Å². The van der Waals surface area contributed by atoms with Gasteiger partial charge in [0.05, 0.1) is 5.75 Å². The number of hydrogen-bond acceptors (Lipinski definition) is 3. The molecule has 0 saturated heterocycles. The second-order valence-electron chi connectivity index (χ2n) is 3.80. The summed E-state index contributed by atoms with van der Waals surface area (Å²) in [5, 5.41) is 0.922. The molecular formula is C11H14N2O2S. The van der Waals surface area contributed by atoms with Crippen LogP contribution in [-0.4, -0.2) is 19.2 Å². The highest BCUT2D eigenvalue weighted by Crippen LogP contribution is 2.22. The summed E-state index contributed by atoms with van der Waals surface area (Å²) in [5.74, 6) is 0.238. The first-order chi connectivity index (χ1) is 7.52. The molecule has 0 bridgehead atoms. The van der Waals surface area contributed by atoms with E-state index in [4.69, 9.17) is 5.73 Å². The molecule has 2 aromatic rings. The number of anilines is 1. The van der Waals surface area contributed by atoms with Crippen molar-refractivity contribution in [3.05, 3.63) is 30.0 Å². The third-order valence-electron chi connectivity index (χ3n) is 2.61. The van der Waals surface area contributed by atoms with Crippen molar-refractivity contribution in [1.82, 2.24) is 4.98 Å². The van der Waals surface area contributed by atoms with E-state index < -0.39 is 9.84 Å². The van der Waals surface area contributed by atoms with E-state index >= 15 is 0 Å². The summed E-state index contributed by atoms with van der Waals surface area (Å²) in [7, 11) is -3.00. The molecule has 2 rings (SSSR count). The zero-order chi connectivity index (χ0) is 11.8. The summed E-state index contributed by atoms with van der Waals surface area (Å²) < 4.78 is 23.1. The number of aromatic nitrogens is 1. The molecule has 5 heteroatoms. The summed E-state index contributed by atoms with van der Waals surface area (Å²) >= 11 is 0. The summed E-state index contributed by atoms with van der Waals surface area (Å²) in [5.41, 5.74) is 7.99. The molecule has 0 aliphatic carbocycles. The Balaban J connectivity index is 2.47. The topological polar surface area (TPSA) is 76.0 Å². The zero-order valence-electron chi connectivity index (χ0n) is 9.03. The molecule has 1 aromatic carbocycles. The van der Waals surface area contributed by atoms with Gasteiger partial charge in [-0.25, -0.2) is 8.42 Å². The van der Waals surface area contributed by atoms with Gasteiger partial charge in [-0.2, -0.15) is 0 Å². The van der Waals surface area contributed by atoms with Crippen LogP contribution in [0.3, 0.4) is 0 Å². The van der Waals surface area contributed by atoms with E-state index in [1.54, 1.807) is 25.3 Å². The van der Waals surface area contributed by atoms with Gasteiger partial charge in [0.2, 0.25) is 0 Å². The van der Waals surface area contributed by atoms with Crippen LogP contribution < -0.4 is 5.73 Å². The monoisotopic (exact) mass is 238 g/mol. The molecule has 0 unspecified atom stereocenters.